The lowest BCUT2D eigenvalue weighted by Crippen LogP contribution is -2.22. The summed E-state index contributed by atoms with van der Waals surface area (Å²) in [6.45, 7) is 2.42. The molecule has 1 heterocycles. The molecule has 0 fully saturated rings. The predicted octanol–water partition coefficient (Wildman–Crippen LogP) is -0.484. The fraction of sp³-hybridized carbons (Fsp3) is 0.286. The van der Waals surface area contributed by atoms with E-state index in [1.807, 2.05) is 6.92 Å². The van der Waals surface area contributed by atoms with Crippen LogP contribution in [0.3, 0.4) is 0 Å². The van der Waals surface area contributed by atoms with E-state index in [2.05, 4.69) is 0 Å². The zero-order valence-electron chi connectivity index (χ0n) is 7.10. The summed E-state index contributed by atoms with van der Waals surface area (Å²) >= 11 is 0. The lowest BCUT2D eigenvalue weighted by Gasteiger charge is -2.03. The molecule has 0 aliphatic rings. The summed E-state index contributed by atoms with van der Waals surface area (Å²) in [5, 5.41) is 4.84. The van der Waals surface area contributed by atoms with Gasteiger partial charge in [-0.1, -0.05) is 0 Å². The molecule has 5 nitrogen and oxygen atoms in total. The van der Waals surface area contributed by atoms with Crippen LogP contribution in [0.1, 0.15) is 6.92 Å². The maximum atomic E-state index is 11.1. The molecule has 0 spiro atoms. The Balaban J connectivity index is 3.45. The van der Waals surface area contributed by atoms with E-state index in [9.17, 15) is 13.2 Å². The van der Waals surface area contributed by atoms with Crippen LogP contribution >= 0.6 is 0 Å². The van der Waals surface area contributed by atoms with Crippen molar-refractivity contribution in [2.45, 2.75) is 18.4 Å². The van der Waals surface area contributed by atoms with Gasteiger partial charge in [-0.25, -0.2) is 13.6 Å². The van der Waals surface area contributed by atoms with E-state index in [1.54, 1.807) is 4.57 Å². The van der Waals surface area contributed by atoms with E-state index in [0.29, 0.717) is 6.54 Å². The first-order valence-electron chi connectivity index (χ1n) is 3.68. The Kier molecular flexibility index (Phi) is 2.53. The number of aromatic nitrogens is 1. The molecule has 1 aromatic rings. The molecule has 0 aromatic carbocycles. The van der Waals surface area contributed by atoms with Gasteiger partial charge < -0.3 is 4.57 Å². The topological polar surface area (TPSA) is 82.2 Å². The third-order valence-corrected chi connectivity index (χ3v) is 2.53. The Morgan fingerprint density at radius 2 is 2.15 bits per heavy atom. The number of sulfonamides is 1. The Morgan fingerprint density at radius 1 is 1.54 bits per heavy atom. The summed E-state index contributed by atoms with van der Waals surface area (Å²) in [6, 6.07) is 1.18. The molecule has 0 saturated heterocycles. The summed E-state index contributed by atoms with van der Waals surface area (Å²) in [6.07, 6.45) is 2.74. The highest BCUT2D eigenvalue weighted by Gasteiger charge is 2.12. The SMILES string of the molecule is CCn1ccc(=O)c(S(N)(=O)=O)c1. The molecule has 1 rings (SSSR count). The van der Waals surface area contributed by atoms with E-state index < -0.39 is 15.5 Å². The maximum Gasteiger partial charge on any atom is 0.243 e. The molecule has 0 unspecified atom stereocenters. The van der Waals surface area contributed by atoms with Gasteiger partial charge in [0.05, 0.1) is 0 Å². The normalized spacial score (nSPS) is 11.5. The minimum absolute atomic E-state index is 0.364. The molecule has 6 heteroatoms. The average Bonchev–Trinajstić information content (AvgIpc) is 2.03. The third kappa shape index (κ3) is 2.16. The van der Waals surface area contributed by atoms with Gasteiger partial charge in [-0.15, -0.1) is 0 Å². The van der Waals surface area contributed by atoms with Crippen molar-refractivity contribution in [1.29, 1.82) is 0 Å². The lowest BCUT2D eigenvalue weighted by atomic mass is 10.4. The van der Waals surface area contributed by atoms with Crippen molar-refractivity contribution in [2.75, 3.05) is 0 Å². The molecule has 13 heavy (non-hydrogen) atoms. The van der Waals surface area contributed by atoms with Crippen LogP contribution in [0, 0.1) is 0 Å². The maximum absolute atomic E-state index is 11.1. The quantitative estimate of drug-likeness (QED) is 0.702. The van der Waals surface area contributed by atoms with Gasteiger partial charge in [-0.05, 0) is 6.92 Å². The number of hydrogen-bond donors (Lipinski definition) is 1. The Labute approximate surface area is 75.9 Å². The highest BCUT2D eigenvalue weighted by atomic mass is 32.2. The monoisotopic (exact) mass is 202 g/mol. The zero-order valence-corrected chi connectivity index (χ0v) is 7.91. The van der Waals surface area contributed by atoms with Crippen molar-refractivity contribution in [1.82, 2.24) is 4.57 Å². The van der Waals surface area contributed by atoms with Crippen molar-refractivity contribution in [3.8, 4) is 0 Å². The number of primary sulfonamides is 1. The fourth-order valence-corrected chi connectivity index (χ4v) is 1.54. The van der Waals surface area contributed by atoms with Crippen molar-refractivity contribution >= 4 is 10.0 Å². The molecule has 1 aromatic heterocycles. The van der Waals surface area contributed by atoms with Crippen LogP contribution in [0.2, 0.25) is 0 Å². The van der Waals surface area contributed by atoms with Gasteiger partial charge in [-0.3, -0.25) is 4.79 Å². The molecule has 0 saturated carbocycles. The number of nitrogens with zero attached hydrogens (tertiary/aromatic N) is 1. The minimum Gasteiger partial charge on any atom is -0.353 e. The van der Waals surface area contributed by atoms with Crippen LogP contribution in [0.5, 0.6) is 0 Å². The lowest BCUT2D eigenvalue weighted by molar-refractivity contribution is 0.594. The standard InChI is InChI=1S/C7H10N2O3S/c1-2-9-4-3-6(10)7(5-9)13(8,11)12/h3-5H,2H2,1H3,(H2,8,11,12). The van der Waals surface area contributed by atoms with Crippen LogP contribution < -0.4 is 10.6 Å². The number of pyridine rings is 1. The van der Waals surface area contributed by atoms with Gasteiger partial charge in [-0.2, -0.15) is 0 Å². The van der Waals surface area contributed by atoms with E-state index in [-0.39, 0.29) is 4.90 Å². The number of hydrogen-bond acceptors (Lipinski definition) is 3. The summed E-state index contributed by atoms with van der Waals surface area (Å²) < 4.78 is 23.3. The van der Waals surface area contributed by atoms with Gasteiger partial charge >= 0.3 is 0 Å². The van der Waals surface area contributed by atoms with Crippen LogP contribution in [0.4, 0.5) is 0 Å². The summed E-state index contributed by atoms with van der Waals surface area (Å²) in [4.78, 5) is 10.7. The first kappa shape index (κ1) is 9.94. The van der Waals surface area contributed by atoms with Gasteiger partial charge in [0.2, 0.25) is 15.5 Å². The Hall–Kier alpha value is -1.14. The number of rotatable bonds is 2. The number of aryl methyl sites for hydroxylation is 1. The van der Waals surface area contributed by atoms with Gasteiger partial charge in [0, 0.05) is 25.0 Å². The first-order chi connectivity index (χ1) is 5.95. The molecule has 0 bridgehead atoms. The van der Waals surface area contributed by atoms with Crippen LogP contribution in [0.25, 0.3) is 0 Å². The Bertz CT molecular complexity index is 461. The van der Waals surface area contributed by atoms with E-state index >= 15 is 0 Å². The van der Waals surface area contributed by atoms with Crippen LogP contribution in [0.15, 0.2) is 28.2 Å². The largest absolute Gasteiger partial charge is 0.353 e. The first-order valence-corrected chi connectivity index (χ1v) is 5.22. The molecule has 0 aliphatic heterocycles. The molecule has 0 atom stereocenters. The van der Waals surface area contributed by atoms with Crippen molar-refractivity contribution in [3.63, 3.8) is 0 Å². The molecular weight excluding hydrogens is 192 g/mol. The number of nitrogens with two attached hydrogens (primary N) is 1. The zero-order chi connectivity index (χ0) is 10.1. The molecule has 0 amide bonds. The minimum atomic E-state index is -3.90. The van der Waals surface area contributed by atoms with Crippen LogP contribution in [-0.2, 0) is 16.6 Å². The van der Waals surface area contributed by atoms with Crippen molar-refractivity contribution in [2.24, 2.45) is 5.14 Å². The molecule has 0 aliphatic carbocycles. The van der Waals surface area contributed by atoms with Gasteiger partial charge in [0.1, 0.15) is 4.90 Å². The summed E-state index contributed by atoms with van der Waals surface area (Å²) in [7, 11) is -3.90. The summed E-state index contributed by atoms with van der Waals surface area (Å²) in [5.74, 6) is 0. The van der Waals surface area contributed by atoms with E-state index in [0.717, 1.165) is 0 Å². The van der Waals surface area contributed by atoms with E-state index in [1.165, 1.54) is 18.5 Å². The summed E-state index contributed by atoms with van der Waals surface area (Å²) in [5.41, 5.74) is -0.577. The van der Waals surface area contributed by atoms with Gasteiger partial charge in [0.15, 0.2) is 0 Å². The highest BCUT2D eigenvalue weighted by molar-refractivity contribution is 7.89. The molecule has 2 N–H and O–H groups in total. The third-order valence-electron chi connectivity index (χ3n) is 1.61. The molecular formula is C7H10N2O3S. The second-order valence-corrected chi connectivity index (χ2v) is 4.08. The van der Waals surface area contributed by atoms with E-state index in [4.69, 9.17) is 5.14 Å². The Morgan fingerprint density at radius 3 is 2.62 bits per heavy atom. The fourth-order valence-electron chi connectivity index (χ4n) is 0.913. The smallest absolute Gasteiger partial charge is 0.243 e. The second-order valence-electron chi connectivity index (χ2n) is 2.55. The van der Waals surface area contributed by atoms with Gasteiger partial charge in [0.25, 0.3) is 0 Å². The van der Waals surface area contributed by atoms with Crippen molar-refractivity contribution < 1.29 is 8.42 Å². The molecule has 72 valence electrons. The average molecular weight is 202 g/mol. The van der Waals surface area contributed by atoms with Crippen molar-refractivity contribution in [3.05, 3.63) is 28.7 Å². The van der Waals surface area contributed by atoms with Crippen LogP contribution in [-0.4, -0.2) is 13.0 Å². The highest BCUT2D eigenvalue weighted by Crippen LogP contribution is 1.98. The predicted molar refractivity (Wildman–Crippen MR) is 47.7 cm³/mol. The molecule has 0 radical (unpaired) electrons. The second kappa shape index (κ2) is 3.31.